The van der Waals surface area contributed by atoms with E-state index in [0.29, 0.717) is 0 Å². The van der Waals surface area contributed by atoms with Gasteiger partial charge in [-0.15, -0.1) is 0 Å². The molecule has 0 atom stereocenters. The standard InChI is InChI=1S/C26H31N3Si2/c1-5-29(26-21-28(22-27-26)30(2,3)4)31(23-15-9-6-10-16-23,24-17-11-7-12-18-24)25-19-13-8-14-20-25/h6-22H,5H2,1-4H3. The van der Waals surface area contributed by atoms with Crippen LogP contribution in [-0.4, -0.2) is 32.2 Å². The van der Waals surface area contributed by atoms with Gasteiger partial charge in [0.2, 0.25) is 0 Å². The third kappa shape index (κ3) is 3.91. The van der Waals surface area contributed by atoms with Crippen molar-refractivity contribution >= 4 is 37.8 Å². The maximum atomic E-state index is 4.95. The van der Waals surface area contributed by atoms with Gasteiger partial charge in [-0.25, -0.2) is 4.98 Å². The smallest absolute Gasteiger partial charge is 0.254 e. The Morgan fingerprint density at radius 2 is 1.13 bits per heavy atom. The van der Waals surface area contributed by atoms with Crippen molar-refractivity contribution in [3.05, 3.63) is 104 Å². The first-order valence-corrected chi connectivity index (χ1v) is 16.4. The highest BCUT2D eigenvalue weighted by molar-refractivity contribution is 7.13. The highest BCUT2D eigenvalue weighted by Gasteiger charge is 2.46. The third-order valence-corrected chi connectivity index (χ3v) is 12.6. The fourth-order valence-electron chi connectivity index (χ4n) is 4.40. The molecule has 1 heterocycles. The first-order chi connectivity index (χ1) is 15.0. The molecule has 0 saturated heterocycles. The number of imidazole rings is 1. The van der Waals surface area contributed by atoms with Crippen molar-refractivity contribution in [2.75, 3.05) is 11.1 Å². The molecule has 0 unspecified atom stereocenters. The lowest BCUT2D eigenvalue weighted by Gasteiger charge is -2.43. The molecule has 31 heavy (non-hydrogen) atoms. The van der Waals surface area contributed by atoms with Gasteiger partial charge in [0, 0.05) is 12.7 Å². The van der Waals surface area contributed by atoms with Gasteiger partial charge in [0.1, 0.15) is 5.82 Å². The van der Waals surface area contributed by atoms with Crippen LogP contribution in [0.2, 0.25) is 19.6 Å². The molecule has 0 N–H and O–H groups in total. The Kier molecular flexibility index (Phi) is 5.98. The number of aromatic nitrogens is 2. The molecule has 0 amide bonds. The molecule has 0 bridgehead atoms. The molecule has 0 fully saturated rings. The maximum Gasteiger partial charge on any atom is 0.254 e. The van der Waals surface area contributed by atoms with Gasteiger partial charge in [-0.3, -0.25) is 0 Å². The van der Waals surface area contributed by atoms with E-state index in [9.17, 15) is 0 Å². The first-order valence-electron chi connectivity index (χ1n) is 11.0. The second kappa shape index (κ2) is 8.69. The van der Waals surface area contributed by atoms with Gasteiger partial charge in [-0.05, 0) is 22.5 Å². The summed E-state index contributed by atoms with van der Waals surface area (Å²) in [6.07, 6.45) is 4.30. The molecular formula is C26H31N3Si2. The molecule has 0 spiro atoms. The molecule has 1 aromatic heterocycles. The number of hydrogen-bond donors (Lipinski definition) is 0. The van der Waals surface area contributed by atoms with Crippen molar-refractivity contribution in [2.24, 2.45) is 0 Å². The third-order valence-electron chi connectivity index (χ3n) is 5.92. The molecule has 0 aliphatic carbocycles. The molecule has 3 nitrogen and oxygen atoms in total. The van der Waals surface area contributed by atoms with Gasteiger partial charge in [0.15, 0.2) is 8.24 Å². The Morgan fingerprint density at radius 3 is 1.45 bits per heavy atom. The van der Waals surface area contributed by atoms with Crippen LogP contribution in [0, 0.1) is 0 Å². The van der Waals surface area contributed by atoms with Gasteiger partial charge in [-0.1, -0.05) is 111 Å². The summed E-state index contributed by atoms with van der Waals surface area (Å²) in [7, 11) is -4.09. The van der Waals surface area contributed by atoms with Crippen LogP contribution in [0.25, 0.3) is 0 Å². The summed E-state index contributed by atoms with van der Waals surface area (Å²) in [6.45, 7) is 10.2. The van der Waals surface area contributed by atoms with E-state index in [4.69, 9.17) is 4.98 Å². The lowest BCUT2D eigenvalue weighted by atomic mass is 10.3. The summed E-state index contributed by atoms with van der Waals surface area (Å²) in [5.41, 5.74) is 0. The minimum Gasteiger partial charge on any atom is -0.370 e. The van der Waals surface area contributed by atoms with Crippen molar-refractivity contribution in [2.45, 2.75) is 26.6 Å². The number of anilines is 1. The SMILES string of the molecule is CCN(c1cn([Si](C)(C)C)cn1)[Si](c1ccccc1)(c1ccccc1)c1ccccc1. The maximum absolute atomic E-state index is 4.95. The summed E-state index contributed by atoms with van der Waals surface area (Å²) in [5.74, 6) is 1.06. The highest BCUT2D eigenvalue weighted by atomic mass is 28.3. The minimum atomic E-state index is -2.57. The van der Waals surface area contributed by atoms with E-state index in [1.807, 2.05) is 6.33 Å². The normalized spacial score (nSPS) is 12.0. The van der Waals surface area contributed by atoms with Gasteiger partial charge in [-0.2, -0.15) is 0 Å². The van der Waals surface area contributed by atoms with E-state index < -0.39 is 16.5 Å². The Hall–Kier alpha value is -2.90. The van der Waals surface area contributed by atoms with Crippen molar-refractivity contribution in [3.63, 3.8) is 0 Å². The minimum absolute atomic E-state index is 0.883. The zero-order valence-corrected chi connectivity index (χ0v) is 20.9. The highest BCUT2D eigenvalue weighted by Crippen LogP contribution is 2.22. The van der Waals surface area contributed by atoms with E-state index >= 15 is 0 Å². The van der Waals surface area contributed by atoms with E-state index in [1.54, 1.807) is 0 Å². The van der Waals surface area contributed by atoms with Crippen molar-refractivity contribution in [1.82, 2.24) is 9.22 Å². The average molecular weight is 442 g/mol. The largest absolute Gasteiger partial charge is 0.370 e. The van der Waals surface area contributed by atoms with Gasteiger partial charge < -0.3 is 8.80 Å². The first kappa shape index (κ1) is 21.3. The molecule has 4 aromatic rings. The second-order valence-electron chi connectivity index (χ2n) is 8.86. The Bertz CT molecular complexity index is 1010. The predicted molar refractivity (Wildman–Crippen MR) is 138 cm³/mol. The number of benzene rings is 3. The predicted octanol–water partition coefficient (Wildman–Crippen LogP) is 4.06. The Morgan fingerprint density at radius 1 is 0.710 bits per heavy atom. The summed E-state index contributed by atoms with van der Waals surface area (Å²) >= 11 is 0. The Balaban J connectivity index is 2.05. The Labute approximate surface area is 188 Å². The monoisotopic (exact) mass is 441 g/mol. The molecule has 3 aromatic carbocycles. The van der Waals surface area contributed by atoms with E-state index in [1.165, 1.54) is 15.6 Å². The van der Waals surface area contributed by atoms with E-state index in [-0.39, 0.29) is 0 Å². The van der Waals surface area contributed by atoms with Crippen molar-refractivity contribution < 1.29 is 0 Å². The number of nitrogens with zero attached hydrogens (tertiary/aromatic N) is 3. The molecule has 158 valence electrons. The van der Waals surface area contributed by atoms with E-state index in [2.05, 4.69) is 133 Å². The fraction of sp³-hybridized carbons (Fsp3) is 0.192. The van der Waals surface area contributed by atoms with Crippen LogP contribution in [0.3, 0.4) is 0 Å². The molecule has 0 aliphatic rings. The summed E-state index contributed by atoms with van der Waals surface area (Å²) in [6, 6.07) is 33.1. The quantitative estimate of drug-likeness (QED) is 0.319. The fourth-order valence-corrected chi connectivity index (χ4v) is 10.2. The van der Waals surface area contributed by atoms with Crippen LogP contribution in [-0.2, 0) is 0 Å². The average Bonchev–Trinajstić information content (AvgIpc) is 3.30. The van der Waals surface area contributed by atoms with E-state index in [0.717, 1.165) is 12.4 Å². The molecule has 0 saturated carbocycles. The molecule has 0 aliphatic heterocycles. The molecule has 0 radical (unpaired) electrons. The topological polar surface area (TPSA) is 21.1 Å². The van der Waals surface area contributed by atoms with Gasteiger partial charge in [0.05, 0.1) is 6.33 Å². The molecular weight excluding hydrogens is 410 g/mol. The lowest BCUT2D eigenvalue weighted by molar-refractivity contribution is 1.04. The van der Waals surface area contributed by atoms with Crippen molar-refractivity contribution in [3.8, 4) is 0 Å². The molecule has 4 rings (SSSR count). The van der Waals surface area contributed by atoms with Gasteiger partial charge >= 0.3 is 0 Å². The number of hydrogen-bond acceptors (Lipinski definition) is 2. The molecule has 5 heteroatoms. The number of rotatable bonds is 7. The second-order valence-corrected chi connectivity index (χ2v) is 17.4. The zero-order valence-electron chi connectivity index (χ0n) is 18.9. The van der Waals surface area contributed by atoms with Crippen LogP contribution < -0.4 is 20.1 Å². The van der Waals surface area contributed by atoms with Crippen molar-refractivity contribution in [1.29, 1.82) is 0 Å². The van der Waals surface area contributed by atoms with Gasteiger partial charge in [0.25, 0.3) is 8.24 Å². The van der Waals surface area contributed by atoms with Crippen LogP contribution in [0.4, 0.5) is 5.82 Å². The van der Waals surface area contributed by atoms with Crippen LogP contribution in [0.5, 0.6) is 0 Å². The van der Waals surface area contributed by atoms with Crippen LogP contribution in [0.15, 0.2) is 104 Å². The summed E-state index contributed by atoms with van der Waals surface area (Å²) in [5, 5.41) is 4.12. The summed E-state index contributed by atoms with van der Waals surface area (Å²) in [4.78, 5) is 4.95. The van der Waals surface area contributed by atoms with Crippen LogP contribution in [0.1, 0.15) is 6.92 Å². The lowest BCUT2D eigenvalue weighted by Crippen LogP contribution is -2.77. The summed E-state index contributed by atoms with van der Waals surface area (Å²) < 4.78 is 4.94. The van der Waals surface area contributed by atoms with Crippen LogP contribution >= 0.6 is 0 Å². The zero-order chi connectivity index (χ0) is 21.9.